The highest BCUT2D eigenvalue weighted by Crippen LogP contribution is 2.50. The van der Waals surface area contributed by atoms with Gasteiger partial charge in [-0.3, -0.25) is 14.4 Å². The molecule has 0 aromatic heterocycles. The first-order valence-corrected chi connectivity index (χ1v) is 14.0. The maximum absolute atomic E-state index is 13.5. The van der Waals surface area contributed by atoms with Gasteiger partial charge in [-0.25, -0.2) is 4.79 Å². The van der Waals surface area contributed by atoms with Gasteiger partial charge in [0, 0.05) is 47.8 Å². The van der Waals surface area contributed by atoms with Crippen LogP contribution in [0, 0.1) is 0 Å². The Morgan fingerprint density at radius 1 is 0.854 bits per heavy atom. The van der Waals surface area contributed by atoms with E-state index in [1.165, 1.54) is 12.1 Å². The number of carboxylic acids is 2. The molecule has 0 unspecified atom stereocenters. The fraction of sp³-hybridized carbons (Fsp3) is 0.375. The molecule has 3 aliphatic rings. The number of ketones is 2. The smallest absolute Gasteiger partial charge is 0.335 e. The number of rotatable bonds is 10. The molecule has 1 aliphatic heterocycles. The molecule has 2 aromatic carbocycles. The van der Waals surface area contributed by atoms with Crippen molar-refractivity contribution in [3.8, 4) is 11.5 Å². The molecule has 0 atom stereocenters. The molecule has 9 heteroatoms. The van der Waals surface area contributed by atoms with Crippen molar-refractivity contribution in [3.05, 3.63) is 81.7 Å². The molecule has 0 spiro atoms. The van der Waals surface area contributed by atoms with E-state index >= 15 is 0 Å². The summed E-state index contributed by atoms with van der Waals surface area (Å²) in [6, 6.07) is 11.9. The van der Waals surface area contributed by atoms with Crippen LogP contribution in [0.15, 0.2) is 65.0 Å². The predicted octanol–water partition coefficient (Wildman–Crippen LogP) is 5.25. The van der Waals surface area contributed by atoms with E-state index in [0.717, 1.165) is 22.5 Å². The average molecular weight is 560 g/mol. The van der Waals surface area contributed by atoms with E-state index in [4.69, 9.17) is 14.6 Å². The summed E-state index contributed by atoms with van der Waals surface area (Å²) in [7, 11) is 0. The van der Waals surface area contributed by atoms with E-state index in [9.17, 15) is 24.3 Å². The number of carbonyl (C=O) groups excluding carboxylic acids is 2. The molecule has 2 aromatic rings. The number of carbonyl (C=O) groups is 4. The van der Waals surface area contributed by atoms with Gasteiger partial charge in [0.05, 0.1) is 18.6 Å². The normalized spacial score (nSPS) is 17.3. The maximum Gasteiger partial charge on any atom is 0.335 e. The summed E-state index contributed by atoms with van der Waals surface area (Å²) in [5, 5.41) is 18.5. The third kappa shape index (κ3) is 5.75. The largest absolute Gasteiger partial charge is 0.490 e. The molecule has 9 nitrogen and oxygen atoms in total. The zero-order chi connectivity index (χ0) is 29.1. The first-order valence-electron chi connectivity index (χ1n) is 14.0. The monoisotopic (exact) mass is 559 g/mol. The maximum atomic E-state index is 13.5. The van der Waals surface area contributed by atoms with Crippen molar-refractivity contribution in [2.45, 2.75) is 64.4 Å². The summed E-state index contributed by atoms with van der Waals surface area (Å²) < 4.78 is 12.0. The Morgan fingerprint density at radius 3 is 2.05 bits per heavy atom. The Kier molecular flexibility index (Phi) is 8.23. The van der Waals surface area contributed by atoms with Gasteiger partial charge in [0.25, 0.3) is 0 Å². The Bertz CT molecular complexity index is 1410. The van der Waals surface area contributed by atoms with E-state index in [1.54, 1.807) is 18.2 Å². The number of carboxylic acid groups (broad SMARTS) is 2. The first-order chi connectivity index (χ1) is 19.8. The van der Waals surface area contributed by atoms with E-state index in [2.05, 4.69) is 0 Å². The molecule has 0 bridgehead atoms. The SMILES string of the molecule is CCOc1cc(C2C3=C(CCCC3=O)N(CCC(=O)O)C3=C2C(=O)CCC3)ccc1OCc1ccc(C(=O)O)cc1. The van der Waals surface area contributed by atoms with Crippen molar-refractivity contribution in [2.75, 3.05) is 13.2 Å². The van der Waals surface area contributed by atoms with E-state index in [-0.39, 0.29) is 36.7 Å². The quantitative estimate of drug-likeness (QED) is 0.401. The molecule has 0 amide bonds. The van der Waals surface area contributed by atoms with E-state index < -0.39 is 17.9 Å². The van der Waals surface area contributed by atoms with Crippen molar-refractivity contribution < 1.29 is 38.9 Å². The third-order valence-corrected chi connectivity index (χ3v) is 7.83. The molecule has 1 heterocycles. The lowest BCUT2D eigenvalue weighted by Gasteiger charge is -2.44. The molecule has 0 fully saturated rings. The van der Waals surface area contributed by atoms with Crippen molar-refractivity contribution >= 4 is 23.5 Å². The molecule has 0 radical (unpaired) electrons. The second-order valence-electron chi connectivity index (χ2n) is 10.4. The highest BCUT2D eigenvalue weighted by molar-refractivity contribution is 6.06. The number of aromatic carboxylic acids is 1. The summed E-state index contributed by atoms with van der Waals surface area (Å²) >= 11 is 0. The van der Waals surface area contributed by atoms with Crippen LogP contribution >= 0.6 is 0 Å². The molecule has 41 heavy (non-hydrogen) atoms. The van der Waals surface area contributed by atoms with Crippen LogP contribution in [0.2, 0.25) is 0 Å². The molecule has 0 saturated carbocycles. The molecule has 2 N–H and O–H groups in total. The van der Waals surface area contributed by atoms with Gasteiger partial charge in [-0.05, 0) is 68.0 Å². The van der Waals surface area contributed by atoms with E-state index in [1.807, 2.05) is 24.0 Å². The predicted molar refractivity (Wildman–Crippen MR) is 149 cm³/mol. The number of nitrogens with zero attached hydrogens (tertiary/aromatic N) is 1. The average Bonchev–Trinajstić information content (AvgIpc) is 2.95. The van der Waals surface area contributed by atoms with E-state index in [0.29, 0.717) is 67.8 Å². The van der Waals surface area contributed by atoms with Gasteiger partial charge in [-0.2, -0.15) is 0 Å². The Balaban J connectivity index is 1.52. The first kappa shape index (κ1) is 28.1. The minimum absolute atomic E-state index is 0.00964. The van der Waals surface area contributed by atoms with Gasteiger partial charge >= 0.3 is 11.9 Å². The molecule has 5 rings (SSSR count). The lowest BCUT2D eigenvalue weighted by molar-refractivity contribution is -0.137. The lowest BCUT2D eigenvalue weighted by Crippen LogP contribution is -2.39. The summed E-state index contributed by atoms with van der Waals surface area (Å²) in [6.07, 6.45) is 3.38. The number of benzene rings is 2. The van der Waals surface area contributed by atoms with Crippen LogP contribution in [-0.4, -0.2) is 51.8 Å². The van der Waals surface area contributed by atoms with Gasteiger partial charge in [-0.1, -0.05) is 18.2 Å². The Morgan fingerprint density at radius 2 is 1.49 bits per heavy atom. The van der Waals surface area contributed by atoms with Crippen LogP contribution in [0.5, 0.6) is 11.5 Å². The molecule has 2 aliphatic carbocycles. The zero-order valence-corrected chi connectivity index (χ0v) is 23.0. The second-order valence-corrected chi connectivity index (χ2v) is 10.4. The number of ether oxygens (including phenoxy) is 2. The van der Waals surface area contributed by atoms with Crippen molar-refractivity contribution in [3.63, 3.8) is 0 Å². The Hall–Kier alpha value is -4.40. The molecular weight excluding hydrogens is 526 g/mol. The fourth-order valence-corrected chi connectivity index (χ4v) is 6.02. The highest BCUT2D eigenvalue weighted by atomic mass is 16.5. The minimum atomic E-state index is -0.996. The lowest BCUT2D eigenvalue weighted by atomic mass is 9.71. The number of hydrogen-bond donors (Lipinski definition) is 2. The van der Waals surface area contributed by atoms with Gasteiger partial charge in [0.2, 0.25) is 0 Å². The summed E-state index contributed by atoms with van der Waals surface area (Å²) in [5.74, 6) is -1.51. The van der Waals surface area contributed by atoms with Crippen molar-refractivity contribution in [2.24, 2.45) is 0 Å². The van der Waals surface area contributed by atoms with Gasteiger partial charge in [0.1, 0.15) is 6.61 Å². The van der Waals surface area contributed by atoms with Crippen LogP contribution in [0.25, 0.3) is 0 Å². The van der Waals surface area contributed by atoms with Crippen molar-refractivity contribution in [1.82, 2.24) is 4.90 Å². The van der Waals surface area contributed by atoms with Crippen LogP contribution in [0.3, 0.4) is 0 Å². The highest BCUT2D eigenvalue weighted by Gasteiger charge is 2.43. The second kappa shape index (κ2) is 12.0. The molecule has 0 saturated heterocycles. The summed E-state index contributed by atoms with van der Waals surface area (Å²) in [6.45, 7) is 2.66. The topological polar surface area (TPSA) is 130 Å². The standard InChI is InChI=1S/C32H33NO8/c1-2-40-27-17-21(13-14-26(27)41-18-19-9-11-20(12-10-19)32(38)39)29-30-22(5-3-7-24(30)34)33(16-15-28(36)37)23-6-4-8-25(35)31(23)29/h9-14,17,29H,2-8,15-16,18H2,1H3,(H,36,37)(H,38,39). The van der Waals surface area contributed by atoms with Crippen LogP contribution < -0.4 is 9.47 Å². The van der Waals surface area contributed by atoms with Crippen molar-refractivity contribution in [1.29, 1.82) is 0 Å². The fourth-order valence-electron chi connectivity index (χ4n) is 6.02. The van der Waals surface area contributed by atoms with Gasteiger partial charge in [-0.15, -0.1) is 0 Å². The third-order valence-electron chi connectivity index (χ3n) is 7.83. The van der Waals surface area contributed by atoms with Crippen LogP contribution in [0.4, 0.5) is 0 Å². The van der Waals surface area contributed by atoms with Crippen LogP contribution in [-0.2, 0) is 21.0 Å². The summed E-state index contributed by atoms with van der Waals surface area (Å²) in [5.41, 5.74) is 4.60. The molecule has 214 valence electrons. The van der Waals surface area contributed by atoms with Gasteiger partial charge < -0.3 is 24.6 Å². The number of Topliss-reactive ketones (excluding diaryl/α,β-unsaturated/α-hetero) is 2. The van der Waals surface area contributed by atoms with Gasteiger partial charge in [0.15, 0.2) is 23.1 Å². The number of allylic oxidation sites excluding steroid dienone is 4. The molecular formula is C32H33NO8. The Labute approximate surface area is 238 Å². The summed E-state index contributed by atoms with van der Waals surface area (Å²) in [4.78, 5) is 51.4. The number of aliphatic carboxylic acids is 1. The zero-order valence-electron chi connectivity index (χ0n) is 23.0. The van der Waals surface area contributed by atoms with Crippen LogP contribution in [0.1, 0.15) is 79.3 Å². The minimum Gasteiger partial charge on any atom is -0.490 e. The number of hydrogen-bond acceptors (Lipinski definition) is 7.